The summed E-state index contributed by atoms with van der Waals surface area (Å²) in [5, 5.41) is 30.0. The zero-order valence-electron chi connectivity index (χ0n) is 77.9. The summed E-state index contributed by atoms with van der Waals surface area (Å²) >= 11 is 11.1. The lowest BCUT2D eigenvalue weighted by molar-refractivity contribution is 0.668. The third kappa shape index (κ3) is 12.3. The number of hydrogen-bond donors (Lipinski definition) is 0. The average Bonchev–Trinajstić information content (AvgIpc) is 1.56. The zero-order valence-corrected chi connectivity index (χ0v) is 82.8. The zero-order chi connectivity index (χ0) is 96.3. The maximum atomic E-state index is 6.27. The smallest absolute Gasteiger partial charge is 0.137 e. The van der Waals surface area contributed by atoms with Gasteiger partial charge in [-0.1, -0.05) is 206 Å². The first kappa shape index (κ1) is 82.3. The van der Waals surface area contributed by atoms with Gasteiger partial charge in [-0.05, 0) is 152 Å². The predicted molar refractivity (Wildman–Crippen MR) is 627 cm³/mol. The molecule has 0 atom stereocenters. The van der Waals surface area contributed by atoms with Gasteiger partial charge >= 0.3 is 0 Å². The van der Waals surface area contributed by atoms with Gasteiger partial charge in [0.25, 0.3) is 0 Å². The van der Waals surface area contributed by atoms with Crippen LogP contribution in [0.1, 0.15) is 0 Å². The number of para-hydroxylation sites is 6. The summed E-state index contributed by atoms with van der Waals surface area (Å²) in [6.07, 6.45) is 14.1. The monoisotopic (exact) mass is 2000 g/mol. The molecule has 0 radical (unpaired) electrons. The Labute approximate surface area is 860 Å². The molecule has 148 heavy (non-hydrogen) atoms. The van der Waals surface area contributed by atoms with Gasteiger partial charge in [0, 0.05) is 245 Å². The molecule has 0 saturated carbocycles. The summed E-state index contributed by atoms with van der Waals surface area (Å²) in [5.41, 5.74) is 25.5. The van der Waals surface area contributed by atoms with Crippen LogP contribution in [-0.2, 0) is 0 Å². The fraction of sp³-hybridized carbons (Fsp3) is 0. The molecule has 0 fully saturated rings. The molecule has 16 heterocycles. The van der Waals surface area contributed by atoms with Crippen molar-refractivity contribution in [1.29, 1.82) is 0 Å². The van der Waals surface area contributed by atoms with Gasteiger partial charge in [0.05, 0.1) is 107 Å². The molecule has 0 unspecified atom stereocenters. The number of benzene rings is 20. The van der Waals surface area contributed by atoms with E-state index in [1.807, 2.05) is 92.3 Å². The van der Waals surface area contributed by atoms with Crippen LogP contribution in [0.3, 0.4) is 0 Å². The molecule has 0 amide bonds. The summed E-state index contributed by atoms with van der Waals surface area (Å²) < 4.78 is 37.5. The number of nitrogens with zero attached hydrogens (tertiary/aromatic N) is 12. The highest BCUT2D eigenvalue weighted by Crippen LogP contribution is 2.52. The summed E-state index contributed by atoms with van der Waals surface area (Å²) in [5.74, 6) is 0. The Morgan fingerprint density at radius 2 is 0.385 bits per heavy atom. The van der Waals surface area contributed by atoms with E-state index >= 15 is 0 Å². The maximum Gasteiger partial charge on any atom is 0.137 e. The summed E-state index contributed by atoms with van der Waals surface area (Å²) in [6, 6.07) is 131. The van der Waals surface area contributed by atoms with E-state index in [2.05, 4.69) is 398 Å². The van der Waals surface area contributed by atoms with Gasteiger partial charge in [-0.3, -0.25) is 39.9 Å². The highest BCUT2D eigenvalue weighted by molar-refractivity contribution is 7.29. The third-order valence-electron chi connectivity index (χ3n) is 29.9. The Hall–Kier alpha value is -18.1. The van der Waals surface area contributed by atoms with Crippen LogP contribution in [0.25, 0.3) is 319 Å². The third-order valence-corrected chi connectivity index (χ3v) is 36.9. The second-order valence-electron chi connectivity index (χ2n) is 37.9. The molecule has 0 saturated heterocycles. The van der Waals surface area contributed by atoms with Gasteiger partial charge < -0.3 is 27.1 Å². The molecule has 36 aromatic rings. The minimum Gasteiger partial charge on any atom is -0.456 e. The quantitative estimate of drug-likeness (QED) is 0.167. The SMILES string of the molecule is c1ccc2c(c1)oc1cc(-n3c4ccccc4c4ccc5c6cc7nccnc7cc6sc5c43)ccc12.c1ccc2c(c1)oc1ccc(-n3c4ccccc4c4ccc5c6cc7nccnc7cc6sc5c43)cc12.c1ccc2c(c1)sc1cc(-n3c4ccccc4c4ccc5c6cc7nccnc7cc6sc5c43)ccc12.c1ccc2c(c1)sc1cc(-n3c4ccccc4c4ccc5c6cc7nccnc7cc6sc5c43)ccc12. The van der Waals surface area contributed by atoms with Crippen molar-refractivity contribution in [1.82, 2.24) is 58.1 Å². The van der Waals surface area contributed by atoms with Crippen molar-refractivity contribution in [2.75, 3.05) is 0 Å². The van der Waals surface area contributed by atoms with Crippen LogP contribution < -0.4 is 0 Å². The fourth-order valence-electron chi connectivity index (χ4n) is 23.4. The lowest BCUT2D eigenvalue weighted by Crippen LogP contribution is -1.93. The van der Waals surface area contributed by atoms with E-state index < -0.39 is 0 Å². The van der Waals surface area contributed by atoms with Gasteiger partial charge in [0.15, 0.2) is 0 Å². The topological polar surface area (TPSA) is 149 Å². The van der Waals surface area contributed by atoms with Gasteiger partial charge in [0.2, 0.25) is 0 Å². The van der Waals surface area contributed by atoms with Crippen molar-refractivity contribution in [3.63, 3.8) is 0 Å². The van der Waals surface area contributed by atoms with E-state index in [1.54, 1.807) is 49.6 Å². The molecular weight excluding hydrogens is 1930 g/mol. The standard InChI is InChI=1S/2C32H17N3OS.2C32H17N3S2/c1-3-7-27-19(5-1)21-10-11-22-24-16-25-26(34-14-13-33-25)17-30(24)37-32(22)31(21)35(27)18-9-12-29-23(15-18)20-6-2-4-8-28(20)36-29;3*1-3-7-27-19(5-1)22-11-12-23-24-16-25-26(34-14-13-33-25)17-30(24)37-32(23)31(22)35(27)18-9-10-21-20-6-2-4-8-28(20)36-29(21)15-18/h4*1-17H. The molecule has 688 valence electrons. The van der Waals surface area contributed by atoms with Crippen LogP contribution in [0.2, 0.25) is 0 Å². The molecule has 0 bridgehead atoms. The van der Waals surface area contributed by atoms with Gasteiger partial charge in [-0.25, -0.2) is 0 Å². The lowest BCUT2D eigenvalue weighted by Gasteiger charge is -2.09. The normalized spacial score (nSPS) is 12.3. The molecule has 36 rings (SSSR count). The largest absolute Gasteiger partial charge is 0.456 e. The van der Waals surface area contributed by atoms with Crippen LogP contribution in [0.4, 0.5) is 0 Å². The maximum absolute atomic E-state index is 6.27. The highest BCUT2D eigenvalue weighted by atomic mass is 32.1. The number of fused-ring (bicyclic) bond motifs is 44. The molecule has 0 aliphatic rings. The van der Waals surface area contributed by atoms with Crippen molar-refractivity contribution >= 4 is 364 Å². The van der Waals surface area contributed by atoms with E-state index in [0.717, 1.165) is 99.4 Å². The molecular formula is C128H68N12O2S6. The molecule has 20 heteroatoms. The van der Waals surface area contributed by atoms with Crippen LogP contribution >= 0.6 is 68.0 Å². The van der Waals surface area contributed by atoms with E-state index in [9.17, 15) is 0 Å². The van der Waals surface area contributed by atoms with E-state index in [1.165, 1.54) is 220 Å². The Morgan fingerprint density at radius 3 is 0.743 bits per heavy atom. The van der Waals surface area contributed by atoms with Crippen molar-refractivity contribution in [3.8, 4) is 22.7 Å². The summed E-state index contributed by atoms with van der Waals surface area (Å²) in [6.45, 7) is 0. The first-order valence-corrected chi connectivity index (χ1v) is 53.9. The van der Waals surface area contributed by atoms with Crippen LogP contribution in [-0.4, -0.2) is 58.1 Å². The van der Waals surface area contributed by atoms with E-state index in [0.29, 0.717) is 0 Å². The van der Waals surface area contributed by atoms with Gasteiger partial charge in [-0.2, -0.15) is 0 Å². The molecule has 0 spiro atoms. The van der Waals surface area contributed by atoms with Crippen LogP contribution in [0, 0.1) is 0 Å². The van der Waals surface area contributed by atoms with Gasteiger partial charge in [-0.15, -0.1) is 68.0 Å². The second kappa shape index (κ2) is 31.7. The van der Waals surface area contributed by atoms with Crippen molar-refractivity contribution in [2.45, 2.75) is 0 Å². The average molecular weight is 2000 g/mol. The van der Waals surface area contributed by atoms with E-state index in [-0.39, 0.29) is 0 Å². The molecule has 20 aromatic carbocycles. The lowest BCUT2D eigenvalue weighted by atomic mass is 10.1. The first-order valence-electron chi connectivity index (χ1n) is 49.0. The Kier molecular flexibility index (Phi) is 17.6. The van der Waals surface area contributed by atoms with Crippen LogP contribution in [0.15, 0.2) is 422 Å². The minimum atomic E-state index is 0.900. The van der Waals surface area contributed by atoms with Crippen LogP contribution in [0.5, 0.6) is 0 Å². The Morgan fingerprint density at radius 1 is 0.149 bits per heavy atom. The number of hydrogen-bond acceptors (Lipinski definition) is 16. The summed E-state index contributed by atoms with van der Waals surface area (Å²) in [4.78, 5) is 36.4. The Balaban J connectivity index is 0.0000000859. The molecule has 0 N–H and O–H groups in total. The Bertz CT molecular complexity index is 11400. The predicted octanol–water partition coefficient (Wildman–Crippen LogP) is 36.9. The molecule has 0 aliphatic heterocycles. The number of thiophene rings is 6. The summed E-state index contributed by atoms with van der Waals surface area (Å²) in [7, 11) is 0. The van der Waals surface area contributed by atoms with Crippen molar-refractivity contribution in [2.24, 2.45) is 0 Å². The van der Waals surface area contributed by atoms with Crippen molar-refractivity contribution < 1.29 is 8.83 Å². The van der Waals surface area contributed by atoms with Crippen molar-refractivity contribution in [3.05, 3.63) is 414 Å². The molecule has 0 aliphatic carbocycles. The number of rotatable bonds is 4. The molecule has 14 nitrogen and oxygen atoms in total. The molecule has 16 aromatic heterocycles. The fourth-order valence-corrected chi connectivity index (χ4v) is 30.7. The second-order valence-corrected chi connectivity index (χ2v) is 44.2. The number of furan rings is 2. The highest BCUT2D eigenvalue weighted by Gasteiger charge is 2.27. The first-order chi connectivity index (χ1) is 73.3. The van der Waals surface area contributed by atoms with E-state index in [4.69, 9.17) is 8.83 Å². The minimum absolute atomic E-state index is 0.900. The number of aromatic nitrogens is 12. The van der Waals surface area contributed by atoms with Gasteiger partial charge in [0.1, 0.15) is 22.3 Å².